The molecule has 0 radical (unpaired) electrons. The van der Waals surface area contributed by atoms with Crippen LogP contribution in [0.5, 0.6) is 0 Å². The largest absolute Gasteiger partial charge is 0.279 e. The van der Waals surface area contributed by atoms with Crippen LogP contribution in [0, 0.1) is 0 Å². The summed E-state index contributed by atoms with van der Waals surface area (Å²) in [6.07, 6.45) is 3.58. The van der Waals surface area contributed by atoms with E-state index >= 15 is 0 Å². The van der Waals surface area contributed by atoms with E-state index in [0.29, 0.717) is 5.69 Å². The summed E-state index contributed by atoms with van der Waals surface area (Å²) in [6, 6.07) is 12.3. The lowest BCUT2D eigenvalue weighted by atomic mass is 9.93. The Morgan fingerprint density at radius 2 is 1.50 bits per heavy atom. The van der Waals surface area contributed by atoms with E-state index in [0.717, 1.165) is 47.8 Å². The molecule has 7 nitrogen and oxygen atoms in total. The number of nitrogens with zero attached hydrogens (tertiary/aromatic N) is 1. The van der Waals surface area contributed by atoms with Crippen LogP contribution in [-0.2, 0) is 32.9 Å². The van der Waals surface area contributed by atoms with Gasteiger partial charge in [-0.3, -0.25) is 9.71 Å². The van der Waals surface area contributed by atoms with Crippen LogP contribution in [0.2, 0.25) is 0 Å². The Kier molecular flexibility index (Phi) is 4.60. The number of aromatic nitrogens is 1. The predicted octanol–water partition coefficient (Wildman–Crippen LogP) is 2.56. The van der Waals surface area contributed by atoms with Crippen LogP contribution in [0.1, 0.15) is 24.1 Å². The molecule has 1 aliphatic rings. The van der Waals surface area contributed by atoms with Crippen molar-refractivity contribution in [2.24, 2.45) is 5.14 Å². The molecule has 0 spiro atoms. The van der Waals surface area contributed by atoms with E-state index in [4.69, 9.17) is 10.1 Å². The van der Waals surface area contributed by atoms with E-state index < -0.39 is 20.0 Å². The van der Waals surface area contributed by atoms with E-state index in [1.54, 1.807) is 0 Å². The van der Waals surface area contributed by atoms with Crippen LogP contribution < -0.4 is 9.86 Å². The van der Waals surface area contributed by atoms with Crippen LogP contribution in [0.25, 0.3) is 10.9 Å². The fourth-order valence-electron chi connectivity index (χ4n) is 3.49. The minimum Gasteiger partial charge on any atom is -0.279 e. The zero-order chi connectivity index (χ0) is 19.9. The molecule has 9 heteroatoms. The molecule has 3 aromatic rings. The van der Waals surface area contributed by atoms with Crippen molar-refractivity contribution >= 4 is 36.6 Å². The molecule has 28 heavy (non-hydrogen) atoms. The summed E-state index contributed by atoms with van der Waals surface area (Å²) < 4.78 is 51.5. The third kappa shape index (κ3) is 3.48. The topological polar surface area (TPSA) is 119 Å². The zero-order valence-corrected chi connectivity index (χ0v) is 16.6. The Balaban J connectivity index is 1.81. The molecule has 146 valence electrons. The monoisotopic (exact) mass is 417 g/mol. The number of aryl methyl sites for hydroxylation is 1. The number of nitrogens with one attached hydrogen (secondary N) is 1. The summed E-state index contributed by atoms with van der Waals surface area (Å²) in [5, 5.41) is 5.82. The lowest BCUT2D eigenvalue weighted by molar-refractivity contribution is 0.595. The van der Waals surface area contributed by atoms with Crippen LogP contribution in [0.15, 0.2) is 58.3 Å². The first-order chi connectivity index (χ1) is 13.3. The standard InChI is InChI=1S/C19H19N3O4S2/c20-27(23,24)13-9-11-14(12-10-13)28(25,26)22-19-15-5-1-3-7-17(15)21-18-8-4-2-6-16(18)19/h1,3,5,7,9-12H,2,4,6,8H2,(H,21,22)(H2,20,23,24). The molecule has 2 aromatic carbocycles. The van der Waals surface area contributed by atoms with Gasteiger partial charge in [-0.15, -0.1) is 0 Å². The maximum Gasteiger partial charge on any atom is 0.261 e. The summed E-state index contributed by atoms with van der Waals surface area (Å²) in [4.78, 5) is 4.53. The van der Waals surface area contributed by atoms with Gasteiger partial charge in [0, 0.05) is 11.1 Å². The Bertz CT molecular complexity index is 1270. The van der Waals surface area contributed by atoms with Crippen molar-refractivity contribution in [3.05, 3.63) is 59.8 Å². The number of hydrogen-bond acceptors (Lipinski definition) is 5. The first-order valence-corrected chi connectivity index (χ1v) is 11.8. The Labute approximate surface area is 163 Å². The number of primary sulfonamides is 1. The molecule has 0 fully saturated rings. The van der Waals surface area contributed by atoms with Gasteiger partial charge in [0.15, 0.2) is 0 Å². The van der Waals surface area contributed by atoms with Gasteiger partial charge in [-0.2, -0.15) is 0 Å². The summed E-state index contributed by atoms with van der Waals surface area (Å²) in [7, 11) is -7.80. The van der Waals surface area contributed by atoms with E-state index in [9.17, 15) is 16.8 Å². The third-order valence-corrected chi connectivity index (χ3v) is 7.16. The van der Waals surface area contributed by atoms with E-state index in [1.807, 2.05) is 24.3 Å². The van der Waals surface area contributed by atoms with Gasteiger partial charge >= 0.3 is 0 Å². The smallest absolute Gasteiger partial charge is 0.261 e. The summed E-state index contributed by atoms with van der Waals surface area (Å²) in [5.41, 5.74) is 3.14. The average molecular weight is 418 g/mol. The Hall–Kier alpha value is -2.49. The van der Waals surface area contributed by atoms with Crippen molar-refractivity contribution in [2.45, 2.75) is 35.5 Å². The molecular weight excluding hydrogens is 398 g/mol. The summed E-state index contributed by atoms with van der Waals surface area (Å²) in [6.45, 7) is 0. The van der Waals surface area contributed by atoms with Crippen LogP contribution in [0.4, 0.5) is 5.69 Å². The van der Waals surface area contributed by atoms with Crippen LogP contribution >= 0.6 is 0 Å². The molecule has 1 aromatic heterocycles. The van der Waals surface area contributed by atoms with Crippen molar-refractivity contribution in [1.82, 2.24) is 4.98 Å². The lowest BCUT2D eigenvalue weighted by Gasteiger charge is -2.21. The fraction of sp³-hybridized carbons (Fsp3) is 0.211. The van der Waals surface area contributed by atoms with Crippen molar-refractivity contribution in [3.63, 3.8) is 0 Å². The highest BCUT2D eigenvalue weighted by atomic mass is 32.2. The summed E-state index contributed by atoms with van der Waals surface area (Å²) >= 11 is 0. The molecule has 0 bridgehead atoms. The van der Waals surface area contributed by atoms with Gasteiger partial charge in [-0.05, 0) is 61.6 Å². The molecule has 0 unspecified atom stereocenters. The average Bonchev–Trinajstić information content (AvgIpc) is 2.67. The number of para-hydroxylation sites is 1. The van der Waals surface area contributed by atoms with Crippen LogP contribution in [0.3, 0.4) is 0 Å². The van der Waals surface area contributed by atoms with Gasteiger partial charge in [0.05, 0.1) is 21.0 Å². The SMILES string of the molecule is NS(=O)(=O)c1ccc(S(=O)(=O)Nc2c3c(nc4ccccc24)CCCC3)cc1. The second-order valence-corrected chi connectivity index (χ2v) is 10.0. The van der Waals surface area contributed by atoms with Crippen molar-refractivity contribution in [3.8, 4) is 0 Å². The number of nitrogens with two attached hydrogens (primary N) is 1. The molecule has 1 heterocycles. The fourth-order valence-corrected chi connectivity index (χ4v) is 5.12. The van der Waals surface area contributed by atoms with Crippen molar-refractivity contribution in [2.75, 3.05) is 4.72 Å². The van der Waals surface area contributed by atoms with Gasteiger partial charge in [-0.1, -0.05) is 18.2 Å². The highest BCUT2D eigenvalue weighted by molar-refractivity contribution is 7.92. The molecule has 0 amide bonds. The number of anilines is 1. The van der Waals surface area contributed by atoms with Gasteiger partial charge < -0.3 is 0 Å². The molecule has 0 saturated carbocycles. The van der Waals surface area contributed by atoms with Crippen molar-refractivity contribution < 1.29 is 16.8 Å². The lowest BCUT2D eigenvalue weighted by Crippen LogP contribution is -2.18. The Morgan fingerprint density at radius 1 is 0.857 bits per heavy atom. The number of benzene rings is 2. The third-order valence-electron chi connectivity index (χ3n) is 4.87. The maximum atomic E-state index is 13.0. The summed E-state index contributed by atoms with van der Waals surface area (Å²) in [5.74, 6) is 0. The number of rotatable bonds is 4. The molecule has 0 saturated heterocycles. The highest BCUT2D eigenvalue weighted by Crippen LogP contribution is 2.34. The van der Waals surface area contributed by atoms with Gasteiger partial charge in [0.2, 0.25) is 10.0 Å². The van der Waals surface area contributed by atoms with E-state index in [-0.39, 0.29) is 9.79 Å². The first kappa shape index (κ1) is 18.9. The predicted molar refractivity (Wildman–Crippen MR) is 107 cm³/mol. The van der Waals surface area contributed by atoms with Gasteiger partial charge in [0.25, 0.3) is 10.0 Å². The number of sulfonamides is 2. The molecule has 0 aliphatic heterocycles. The Morgan fingerprint density at radius 3 is 2.21 bits per heavy atom. The molecule has 0 atom stereocenters. The number of hydrogen-bond donors (Lipinski definition) is 2. The minimum absolute atomic E-state index is 0.0367. The second-order valence-electron chi connectivity index (χ2n) is 6.76. The first-order valence-electron chi connectivity index (χ1n) is 8.82. The van der Waals surface area contributed by atoms with Gasteiger partial charge in [-0.25, -0.2) is 22.0 Å². The normalized spacial score (nSPS) is 14.6. The quantitative estimate of drug-likeness (QED) is 0.676. The van der Waals surface area contributed by atoms with Gasteiger partial charge in [0.1, 0.15) is 0 Å². The van der Waals surface area contributed by atoms with E-state index in [2.05, 4.69) is 4.72 Å². The molecule has 4 rings (SSSR count). The molecule has 1 aliphatic carbocycles. The van der Waals surface area contributed by atoms with E-state index in [1.165, 1.54) is 24.3 Å². The minimum atomic E-state index is -3.91. The second kappa shape index (κ2) is 6.84. The number of fused-ring (bicyclic) bond motifs is 2. The molecule has 3 N–H and O–H groups in total. The van der Waals surface area contributed by atoms with Crippen LogP contribution in [-0.4, -0.2) is 21.8 Å². The number of pyridine rings is 1. The molecular formula is C19H19N3O4S2. The zero-order valence-electron chi connectivity index (χ0n) is 14.9. The highest BCUT2D eigenvalue weighted by Gasteiger charge is 2.23. The van der Waals surface area contributed by atoms with Crippen molar-refractivity contribution in [1.29, 1.82) is 0 Å². The maximum absolute atomic E-state index is 13.0.